The van der Waals surface area contributed by atoms with Gasteiger partial charge in [-0.2, -0.15) is 0 Å². The van der Waals surface area contributed by atoms with Gasteiger partial charge in [0.1, 0.15) is 0 Å². The summed E-state index contributed by atoms with van der Waals surface area (Å²) in [5.74, 6) is 0. The van der Waals surface area contributed by atoms with Gasteiger partial charge in [0.25, 0.3) is 0 Å². The fourth-order valence-corrected chi connectivity index (χ4v) is 3.25. The minimum atomic E-state index is -0.0898. The highest BCUT2D eigenvalue weighted by molar-refractivity contribution is 5.74. The maximum Gasteiger partial charge on any atom is 0.315 e. The van der Waals surface area contributed by atoms with Crippen LogP contribution in [0.25, 0.3) is 0 Å². The van der Waals surface area contributed by atoms with Crippen LogP contribution >= 0.6 is 0 Å². The second kappa shape index (κ2) is 8.16. The minimum Gasteiger partial charge on any atom is -0.334 e. The number of carbonyl (C=O) groups excluding carboxylic acids is 1. The molecule has 6 heteroatoms. The smallest absolute Gasteiger partial charge is 0.315 e. The van der Waals surface area contributed by atoms with Crippen molar-refractivity contribution in [3.63, 3.8) is 0 Å². The largest absolute Gasteiger partial charge is 0.334 e. The van der Waals surface area contributed by atoms with Crippen LogP contribution in [0.1, 0.15) is 31.4 Å². The first-order valence-corrected chi connectivity index (χ1v) is 8.93. The highest BCUT2D eigenvalue weighted by atomic mass is 16.2. The van der Waals surface area contributed by atoms with Crippen LogP contribution in [0.5, 0.6) is 0 Å². The van der Waals surface area contributed by atoms with Crippen molar-refractivity contribution in [3.05, 3.63) is 54.1 Å². The summed E-state index contributed by atoms with van der Waals surface area (Å²) in [6, 6.07) is 8.86. The van der Waals surface area contributed by atoms with Crippen molar-refractivity contribution in [1.82, 2.24) is 25.1 Å². The topological polar surface area (TPSA) is 62.2 Å². The molecule has 0 aliphatic carbocycles. The summed E-state index contributed by atoms with van der Waals surface area (Å²) in [5.41, 5.74) is 2.31. The second-order valence-electron chi connectivity index (χ2n) is 6.91. The Bertz CT molecular complexity index is 683. The number of hydrogen-bond donors (Lipinski definition) is 2. The summed E-state index contributed by atoms with van der Waals surface area (Å²) in [5, 5.41) is 6.09. The second-order valence-corrected chi connectivity index (χ2v) is 6.91. The predicted octanol–water partition coefficient (Wildman–Crippen LogP) is 2.21. The van der Waals surface area contributed by atoms with Crippen LogP contribution in [-0.4, -0.2) is 45.7 Å². The van der Waals surface area contributed by atoms with Crippen molar-refractivity contribution in [1.29, 1.82) is 0 Å². The van der Waals surface area contributed by atoms with Gasteiger partial charge in [0.15, 0.2) is 0 Å². The van der Waals surface area contributed by atoms with Gasteiger partial charge < -0.3 is 15.2 Å². The Hall–Kier alpha value is -2.34. The van der Waals surface area contributed by atoms with Crippen molar-refractivity contribution in [2.45, 2.75) is 45.4 Å². The number of urea groups is 1. The summed E-state index contributed by atoms with van der Waals surface area (Å²) in [6.45, 7) is 7.65. The molecule has 3 rings (SSSR count). The monoisotopic (exact) mass is 341 g/mol. The lowest BCUT2D eigenvalue weighted by molar-refractivity contribution is 0.233. The van der Waals surface area contributed by atoms with Gasteiger partial charge in [-0.1, -0.05) is 24.3 Å². The van der Waals surface area contributed by atoms with Gasteiger partial charge in [0.2, 0.25) is 0 Å². The summed E-state index contributed by atoms with van der Waals surface area (Å²) in [7, 11) is 0. The third-order valence-corrected chi connectivity index (χ3v) is 4.76. The Morgan fingerprint density at radius 3 is 2.80 bits per heavy atom. The molecule has 0 spiro atoms. The number of nitrogens with zero attached hydrogens (tertiary/aromatic N) is 3. The molecule has 1 unspecified atom stereocenters. The molecule has 134 valence electrons. The van der Waals surface area contributed by atoms with E-state index in [1.165, 1.54) is 5.56 Å². The fraction of sp³-hybridized carbons (Fsp3) is 0.474. The number of amides is 2. The number of hydrogen-bond acceptors (Lipinski definition) is 3. The number of likely N-dealkylation sites (tertiary alicyclic amines) is 1. The average molecular weight is 341 g/mol. The Labute approximate surface area is 149 Å². The molecule has 1 aliphatic heterocycles. The Morgan fingerprint density at radius 1 is 1.32 bits per heavy atom. The molecule has 25 heavy (non-hydrogen) atoms. The third kappa shape index (κ3) is 4.82. The van der Waals surface area contributed by atoms with Crippen LogP contribution in [-0.2, 0) is 13.1 Å². The van der Waals surface area contributed by atoms with Crippen molar-refractivity contribution in [3.8, 4) is 0 Å². The molecule has 2 heterocycles. The highest BCUT2D eigenvalue weighted by Gasteiger charge is 2.25. The van der Waals surface area contributed by atoms with E-state index in [0.29, 0.717) is 12.6 Å². The highest BCUT2D eigenvalue weighted by Crippen LogP contribution is 2.13. The van der Waals surface area contributed by atoms with E-state index in [9.17, 15) is 4.79 Å². The molecule has 0 radical (unpaired) electrons. The van der Waals surface area contributed by atoms with E-state index in [-0.39, 0.29) is 12.1 Å². The van der Waals surface area contributed by atoms with Crippen LogP contribution in [0.15, 0.2) is 43.0 Å². The van der Waals surface area contributed by atoms with Crippen molar-refractivity contribution >= 4 is 6.03 Å². The average Bonchev–Trinajstić information content (AvgIpc) is 3.26. The van der Waals surface area contributed by atoms with E-state index in [4.69, 9.17) is 0 Å². The summed E-state index contributed by atoms with van der Waals surface area (Å²) in [4.78, 5) is 18.7. The number of aromatic nitrogens is 2. The molecule has 2 N–H and O–H groups in total. The number of imidazole rings is 1. The van der Waals surface area contributed by atoms with Crippen molar-refractivity contribution in [2.75, 3.05) is 13.1 Å². The molecule has 0 saturated carbocycles. The van der Waals surface area contributed by atoms with E-state index in [1.54, 1.807) is 12.5 Å². The van der Waals surface area contributed by atoms with Crippen molar-refractivity contribution in [2.24, 2.45) is 0 Å². The molecule has 1 saturated heterocycles. The van der Waals surface area contributed by atoms with Gasteiger partial charge in [-0.25, -0.2) is 9.78 Å². The van der Waals surface area contributed by atoms with E-state index in [2.05, 4.69) is 46.5 Å². The molecule has 1 aliphatic rings. The van der Waals surface area contributed by atoms with E-state index >= 15 is 0 Å². The summed E-state index contributed by atoms with van der Waals surface area (Å²) < 4.78 is 2.03. The van der Waals surface area contributed by atoms with Crippen LogP contribution in [0, 0.1) is 0 Å². The molecular weight excluding hydrogens is 314 g/mol. The molecular formula is C19H27N5O. The molecule has 0 bridgehead atoms. The number of benzene rings is 1. The van der Waals surface area contributed by atoms with E-state index < -0.39 is 0 Å². The number of carbonyl (C=O) groups is 1. The zero-order valence-electron chi connectivity index (χ0n) is 15.0. The predicted molar refractivity (Wildman–Crippen MR) is 98.3 cm³/mol. The van der Waals surface area contributed by atoms with Gasteiger partial charge in [0, 0.05) is 50.7 Å². The van der Waals surface area contributed by atoms with Gasteiger partial charge in [-0.05, 0) is 31.4 Å². The van der Waals surface area contributed by atoms with Crippen LogP contribution in [0.3, 0.4) is 0 Å². The van der Waals surface area contributed by atoms with Crippen LogP contribution < -0.4 is 10.6 Å². The Morgan fingerprint density at radius 2 is 2.12 bits per heavy atom. The maximum atomic E-state index is 12.2. The zero-order valence-corrected chi connectivity index (χ0v) is 15.0. The van der Waals surface area contributed by atoms with Gasteiger partial charge in [-0.15, -0.1) is 0 Å². The normalized spacial score (nSPS) is 17.8. The number of nitrogens with one attached hydrogen (secondary N) is 2. The first kappa shape index (κ1) is 17.5. The third-order valence-electron chi connectivity index (χ3n) is 4.76. The SMILES string of the molecule is CC(C)N1CCC(NC(=O)NCc2ccccc2Cn2ccnc2)C1. The Balaban J connectivity index is 1.51. The lowest BCUT2D eigenvalue weighted by Crippen LogP contribution is -2.43. The fourth-order valence-electron chi connectivity index (χ4n) is 3.25. The summed E-state index contributed by atoms with van der Waals surface area (Å²) in [6.07, 6.45) is 6.54. The summed E-state index contributed by atoms with van der Waals surface area (Å²) >= 11 is 0. The Kier molecular flexibility index (Phi) is 5.71. The van der Waals surface area contributed by atoms with Crippen LogP contribution in [0.4, 0.5) is 4.79 Å². The molecule has 1 atom stereocenters. The molecule has 6 nitrogen and oxygen atoms in total. The van der Waals surface area contributed by atoms with E-state index in [0.717, 1.165) is 31.6 Å². The number of rotatable bonds is 6. The molecule has 1 aromatic carbocycles. The quantitative estimate of drug-likeness (QED) is 0.847. The van der Waals surface area contributed by atoms with Crippen molar-refractivity contribution < 1.29 is 4.79 Å². The lowest BCUT2D eigenvalue weighted by Gasteiger charge is -2.20. The van der Waals surface area contributed by atoms with E-state index in [1.807, 2.05) is 22.9 Å². The maximum absolute atomic E-state index is 12.2. The van der Waals surface area contributed by atoms with Gasteiger partial charge >= 0.3 is 6.03 Å². The van der Waals surface area contributed by atoms with Crippen LogP contribution in [0.2, 0.25) is 0 Å². The zero-order chi connectivity index (χ0) is 17.6. The standard InChI is InChI=1S/C19H27N5O/c1-15(2)24-9-7-18(13-24)22-19(25)21-11-16-5-3-4-6-17(16)12-23-10-8-20-14-23/h3-6,8,10,14-15,18H,7,9,11-13H2,1-2H3,(H2,21,22,25). The van der Waals surface area contributed by atoms with Gasteiger partial charge in [0.05, 0.1) is 6.33 Å². The first-order chi connectivity index (χ1) is 12.1. The minimum absolute atomic E-state index is 0.0898. The van der Waals surface area contributed by atoms with Gasteiger partial charge in [-0.3, -0.25) is 4.90 Å². The molecule has 1 fully saturated rings. The molecule has 2 aromatic rings. The molecule has 1 aromatic heterocycles. The molecule has 2 amide bonds. The lowest BCUT2D eigenvalue weighted by atomic mass is 10.1. The first-order valence-electron chi connectivity index (χ1n) is 8.93.